The molecule has 4 heteroatoms. The molecule has 0 saturated heterocycles. The molecule has 0 fully saturated rings. The van der Waals surface area contributed by atoms with E-state index in [1.54, 1.807) is 6.92 Å². The van der Waals surface area contributed by atoms with E-state index in [0.717, 1.165) is 5.75 Å². The van der Waals surface area contributed by atoms with E-state index in [9.17, 15) is 4.79 Å². The first-order valence-electron chi connectivity index (χ1n) is 5.72. The zero-order chi connectivity index (χ0) is 12.9. The normalized spacial score (nSPS) is 14.1. The van der Waals surface area contributed by atoms with E-state index in [1.807, 2.05) is 38.1 Å². The smallest absolute Gasteiger partial charge is 0.240 e. The van der Waals surface area contributed by atoms with Crippen molar-refractivity contribution in [1.29, 1.82) is 0 Å². The van der Waals surface area contributed by atoms with Crippen molar-refractivity contribution in [1.82, 2.24) is 5.32 Å². The maximum Gasteiger partial charge on any atom is 0.240 e. The number of aryl methyl sites for hydroxylation is 1. The highest BCUT2D eigenvalue weighted by Gasteiger charge is 2.30. The van der Waals surface area contributed by atoms with Crippen molar-refractivity contribution in [2.75, 3.05) is 13.2 Å². The van der Waals surface area contributed by atoms with Gasteiger partial charge >= 0.3 is 0 Å². The minimum absolute atomic E-state index is 0.221. The highest BCUT2D eigenvalue weighted by Crippen LogP contribution is 2.14. The van der Waals surface area contributed by atoms with Crippen molar-refractivity contribution in [3.05, 3.63) is 29.8 Å². The Morgan fingerprint density at radius 2 is 2.00 bits per heavy atom. The number of primary amides is 1. The van der Waals surface area contributed by atoms with E-state index in [-0.39, 0.29) is 6.61 Å². The van der Waals surface area contributed by atoms with Crippen LogP contribution >= 0.6 is 0 Å². The molecule has 0 radical (unpaired) electrons. The molecule has 1 atom stereocenters. The lowest BCUT2D eigenvalue weighted by Gasteiger charge is -2.26. The summed E-state index contributed by atoms with van der Waals surface area (Å²) in [5, 5.41) is 3.04. The highest BCUT2D eigenvalue weighted by molar-refractivity contribution is 5.84. The fourth-order valence-corrected chi connectivity index (χ4v) is 1.46. The molecule has 0 aromatic heterocycles. The molecule has 1 rings (SSSR count). The monoisotopic (exact) mass is 236 g/mol. The van der Waals surface area contributed by atoms with E-state index < -0.39 is 11.4 Å². The molecule has 1 aromatic rings. The lowest BCUT2D eigenvalue weighted by molar-refractivity contribution is -0.124. The van der Waals surface area contributed by atoms with Gasteiger partial charge in [-0.2, -0.15) is 0 Å². The Hall–Kier alpha value is -1.55. The third kappa shape index (κ3) is 3.75. The number of nitrogens with two attached hydrogens (primary N) is 1. The fourth-order valence-electron chi connectivity index (χ4n) is 1.46. The van der Waals surface area contributed by atoms with E-state index in [2.05, 4.69) is 5.32 Å². The van der Waals surface area contributed by atoms with Gasteiger partial charge in [-0.15, -0.1) is 0 Å². The van der Waals surface area contributed by atoms with Crippen LogP contribution in [0.2, 0.25) is 0 Å². The van der Waals surface area contributed by atoms with Crippen molar-refractivity contribution < 1.29 is 9.53 Å². The van der Waals surface area contributed by atoms with Crippen LogP contribution in [0.1, 0.15) is 19.4 Å². The molecule has 3 N–H and O–H groups in total. The predicted molar refractivity (Wildman–Crippen MR) is 68.0 cm³/mol. The van der Waals surface area contributed by atoms with Gasteiger partial charge in [0.1, 0.15) is 17.9 Å². The zero-order valence-electron chi connectivity index (χ0n) is 10.6. The third-order valence-electron chi connectivity index (χ3n) is 2.66. The van der Waals surface area contributed by atoms with Crippen LogP contribution in [-0.2, 0) is 4.79 Å². The highest BCUT2D eigenvalue weighted by atomic mass is 16.5. The molecule has 0 heterocycles. The number of nitrogens with one attached hydrogen (secondary N) is 1. The van der Waals surface area contributed by atoms with E-state index in [1.165, 1.54) is 5.56 Å². The van der Waals surface area contributed by atoms with Gasteiger partial charge in [-0.25, -0.2) is 0 Å². The molecule has 17 heavy (non-hydrogen) atoms. The van der Waals surface area contributed by atoms with Crippen molar-refractivity contribution >= 4 is 5.91 Å². The number of carbonyl (C=O) groups is 1. The van der Waals surface area contributed by atoms with Crippen LogP contribution in [0.15, 0.2) is 24.3 Å². The number of hydrogen-bond donors (Lipinski definition) is 2. The van der Waals surface area contributed by atoms with Crippen LogP contribution < -0.4 is 15.8 Å². The van der Waals surface area contributed by atoms with Gasteiger partial charge in [-0.1, -0.05) is 24.6 Å². The summed E-state index contributed by atoms with van der Waals surface area (Å²) in [5.74, 6) is 0.326. The van der Waals surface area contributed by atoms with Gasteiger partial charge in [0.25, 0.3) is 0 Å². The van der Waals surface area contributed by atoms with Gasteiger partial charge in [0.05, 0.1) is 0 Å². The maximum atomic E-state index is 11.4. The number of carbonyl (C=O) groups excluding carboxylic acids is 1. The largest absolute Gasteiger partial charge is 0.491 e. The topological polar surface area (TPSA) is 64.3 Å². The Morgan fingerprint density at radius 1 is 1.41 bits per heavy atom. The Morgan fingerprint density at radius 3 is 2.47 bits per heavy atom. The first kappa shape index (κ1) is 13.5. The van der Waals surface area contributed by atoms with E-state index in [4.69, 9.17) is 10.5 Å². The minimum Gasteiger partial charge on any atom is -0.491 e. The van der Waals surface area contributed by atoms with E-state index >= 15 is 0 Å². The summed E-state index contributed by atoms with van der Waals surface area (Å²) in [6, 6.07) is 7.68. The summed E-state index contributed by atoms with van der Waals surface area (Å²) in [5.41, 5.74) is 5.70. The van der Waals surface area contributed by atoms with Crippen LogP contribution in [0.25, 0.3) is 0 Å². The second-order valence-corrected chi connectivity index (χ2v) is 4.33. The van der Waals surface area contributed by atoms with Crippen LogP contribution in [0.4, 0.5) is 0 Å². The number of likely N-dealkylation sites (N-methyl/N-ethyl adjacent to an activating group) is 1. The molecule has 1 aromatic carbocycles. The Bertz CT molecular complexity index is 376. The molecular formula is C13H20N2O2. The van der Waals surface area contributed by atoms with Crippen molar-refractivity contribution in [2.24, 2.45) is 5.73 Å². The summed E-state index contributed by atoms with van der Waals surface area (Å²) >= 11 is 0. The first-order chi connectivity index (χ1) is 7.98. The average Bonchev–Trinajstić information content (AvgIpc) is 2.28. The summed E-state index contributed by atoms with van der Waals surface area (Å²) in [4.78, 5) is 11.4. The average molecular weight is 236 g/mol. The lowest BCUT2D eigenvalue weighted by atomic mass is 10.0. The van der Waals surface area contributed by atoms with Gasteiger partial charge < -0.3 is 15.8 Å². The predicted octanol–water partition coefficient (Wildman–Crippen LogP) is 1.23. The van der Waals surface area contributed by atoms with Gasteiger partial charge in [0, 0.05) is 0 Å². The van der Waals surface area contributed by atoms with Crippen LogP contribution in [0.3, 0.4) is 0 Å². The van der Waals surface area contributed by atoms with E-state index in [0.29, 0.717) is 6.54 Å². The number of hydrogen-bond acceptors (Lipinski definition) is 3. The molecule has 1 unspecified atom stereocenters. The summed E-state index contributed by atoms with van der Waals surface area (Å²) in [6.45, 7) is 6.56. The fraction of sp³-hybridized carbons (Fsp3) is 0.462. The number of ether oxygens (including phenoxy) is 1. The zero-order valence-corrected chi connectivity index (χ0v) is 10.6. The maximum absolute atomic E-state index is 11.4. The Kier molecular flexibility index (Phi) is 4.52. The van der Waals surface area contributed by atoms with Crippen molar-refractivity contribution in [2.45, 2.75) is 26.3 Å². The number of rotatable bonds is 6. The lowest BCUT2D eigenvalue weighted by Crippen LogP contribution is -2.57. The first-order valence-corrected chi connectivity index (χ1v) is 5.72. The second-order valence-electron chi connectivity index (χ2n) is 4.33. The Labute approximate surface area is 102 Å². The SMILES string of the molecule is CCNC(C)(COc1ccc(C)cc1)C(N)=O. The Balaban J connectivity index is 2.64. The van der Waals surface area contributed by atoms with Crippen LogP contribution in [0, 0.1) is 6.92 Å². The summed E-state index contributed by atoms with van der Waals surface area (Å²) in [7, 11) is 0. The molecular weight excluding hydrogens is 216 g/mol. The molecule has 94 valence electrons. The van der Waals surface area contributed by atoms with Crippen molar-refractivity contribution in [3.8, 4) is 5.75 Å². The molecule has 0 aliphatic carbocycles. The summed E-state index contributed by atoms with van der Waals surface area (Å²) in [6.07, 6.45) is 0. The van der Waals surface area contributed by atoms with Gasteiger partial charge in [-0.3, -0.25) is 4.79 Å². The molecule has 0 aliphatic heterocycles. The van der Waals surface area contributed by atoms with Gasteiger partial charge in [-0.05, 0) is 32.5 Å². The van der Waals surface area contributed by atoms with Gasteiger partial charge in [0.15, 0.2) is 0 Å². The third-order valence-corrected chi connectivity index (χ3v) is 2.66. The molecule has 1 amide bonds. The minimum atomic E-state index is -0.834. The number of benzene rings is 1. The van der Waals surface area contributed by atoms with Crippen LogP contribution in [-0.4, -0.2) is 24.6 Å². The quantitative estimate of drug-likeness (QED) is 0.780. The van der Waals surface area contributed by atoms with Crippen LogP contribution in [0.5, 0.6) is 5.75 Å². The van der Waals surface area contributed by atoms with Crippen molar-refractivity contribution in [3.63, 3.8) is 0 Å². The molecule has 4 nitrogen and oxygen atoms in total. The molecule has 0 saturated carbocycles. The number of amides is 1. The molecule has 0 aliphatic rings. The standard InChI is InChI=1S/C13H20N2O2/c1-4-15-13(3,12(14)16)9-17-11-7-5-10(2)6-8-11/h5-8,15H,4,9H2,1-3H3,(H2,14,16). The second kappa shape index (κ2) is 5.68. The van der Waals surface area contributed by atoms with Gasteiger partial charge in [0.2, 0.25) is 5.91 Å². The molecule has 0 spiro atoms. The molecule has 0 bridgehead atoms. The summed E-state index contributed by atoms with van der Waals surface area (Å²) < 4.78 is 5.58.